The van der Waals surface area contributed by atoms with Crippen molar-refractivity contribution in [3.05, 3.63) is 58.7 Å². The van der Waals surface area contributed by atoms with Crippen LogP contribution in [0.2, 0.25) is 0 Å². The molecule has 0 aromatic heterocycles. The lowest BCUT2D eigenvalue weighted by Gasteiger charge is -2.53. The Bertz CT molecular complexity index is 2160. The van der Waals surface area contributed by atoms with E-state index in [-0.39, 0.29) is 22.7 Å². The van der Waals surface area contributed by atoms with Gasteiger partial charge in [-0.05, 0) is 186 Å². The van der Waals surface area contributed by atoms with E-state index in [0.29, 0.717) is 37.4 Å². The van der Waals surface area contributed by atoms with Crippen LogP contribution < -0.4 is 30.7 Å². The van der Waals surface area contributed by atoms with Gasteiger partial charge in [0.2, 0.25) is 0 Å². The highest BCUT2D eigenvalue weighted by Crippen LogP contribution is 2.59. The van der Waals surface area contributed by atoms with Gasteiger partial charge in [0, 0.05) is 13.1 Å². The summed E-state index contributed by atoms with van der Waals surface area (Å²) in [6.07, 6.45) is 6.09. The van der Waals surface area contributed by atoms with Crippen LogP contribution in [0.1, 0.15) is 153 Å². The average Bonchev–Trinajstić information content (AvgIpc) is 3.33. The molecule has 16 nitrogen and oxygen atoms in total. The van der Waals surface area contributed by atoms with Crippen molar-refractivity contribution in [1.29, 1.82) is 0 Å². The molecule has 0 unspecified atom stereocenters. The van der Waals surface area contributed by atoms with E-state index in [1.807, 2.05) is 50.2 Å². The van der Waals surface area contributed by atoms with Gasteiger partial charge >= 0.3 is 48.4 Å². The summed E-state index contributed by atoms with van der Waals surface area (Å²) in [5.74, 6) is -5.80. The number of unbranched alkanes of at least 4 members (excludes halogenated alkanes) is 5. The van der Waals surface area contributed by atoms with Crippen LogP contribution in [-0.2, 0) is 42.8 Å². The van der Waals surface area contributed by atoms with E-state index in [4.69, 9.17) is 29.3 Å². The zero-order valence-corrected chi connectivity index (χ0v) is 43.9. The molecule has 6 rings (SSSR count). The second-order valence-electron chi connectivity index (χ2n) is 21.4. The number of aryl methyl sites for hydroxylation is 2. The predicted molar refractivity (Wildman–Crippen MR) is 269 cm³/mol. The Morgan fingerprint density at radius 3 is 1.17 bits per heavy atom. The van der Waals surface area contributed by atoms with Gasteiger partial charge in [0.1, 0.15) is 11.5 Å². The van der Waals surface area contributed by atoms with E-state index >= 15 is 0 Å². The fourth-order valence-electron chi connectivity index (χ4n) is 12.1. The SMILES string of the molecule is C[C@]1(C(=O)O)CCC[C@]2(C)c3cc(OC(=O)NCCCNCCCCCCCCNCCCNC(=O)Oc4ccc5c(c4)[C@@]4(C)CCC[C@](C)(C(=O)O)[C@@H]4CC5)ccc3CC[C@@H]12.O=C(O)C(F)(F)F.O=C(O)C(F)(F)F. The van der Waals surface area contributed by atoms with E-state index < -0.39 is 59.2 Å². The monoisotopic (exact) mass is 1090 g/mol. The molecule has 22 heteroatoms. The molecule has 4 aliphatic carbocycles. The van der Waals surface area contributed by atoms with Crippen molar-refractivity contribution in [1.82, 2.24) is 21.3 Å². The minimum absolute atomic E-state index is 0.0554. The number of fused-ring (bicyclic) bond motifs is 6. The molecule has 2 aromatic rings. The highest BCUT2D eigenvalue weighted by molar-refractivity contribution is 5.77. The van der Waals surface area contributed by atoms with Crippen molar-refractivity contribution in [3.63, 3.8) is 0 Å². The van der Waals surface area contributed by atoms with Gasteiger partial charge < -0.3 is 51.2 Å². The maximum Gasteiger partial charge on any atom is 0.490 e. The third kappa shape index (κ3) is 16.9. The molecule has 76 heavy (non-hydrogen) atoms. The zero-order valence-electron chi connectivity index (χ0n) is 43.9. The number of hydrogen-bond donors (Lipinski definition) is 8. The van der Waals surface area contributed by atoms with Crippen molar-refractivity contribution in [2.24, 2.45) is 22.7 Å². The van der Waals surface area contributed by atoms with E-state index in [1.54, 1.807) is 0 Å². The fraction of sp³-hybridized carbons (Fsp3) is 0.667. The first-order valence-electron chi connectivity index (χ1n) is 26.3. The van der Waals surface area contributed by atoms with Gasteiger partial charge in [-0.2, -0.15) is 26.3 Å². The summed E-state index contributed by atoms with van der Waals surface area (Å²) < 4.78 is 74.8. The maximum absolute atomic E-state index is 12.6. The molecule has 2 aromatic carbocycles. The van der Waals surface area contributed by atoms with Gasteiger partial charge in [-0.15, -0.1) is 0 Å². The zero-order chi connectivity index (χ0) is 56.5. The highest BCUT2D eigenvalue weighted by Gasteiger charge is 2.56. The summed E-state index contributed by atoms with van der Waals surface area (Å²) in [6.45, 7) is 12.9. The second kappa shape index (κ2) is 27.6. The summed E-state index contributed by atoms with van der Waals surface area (Å²) in [5, 5.41) is 47.1. The summed E-state index contributed by atoms with van der Waals surface area (Å²) >= 11 is 0. The summed E-state index contributed by atoms with van der Waals surface area (Å²) in [5.41, 5.74) is 2.77. The number of carboxylic acid groups (broad SMARTS) is 4. The fourth-order valence-corrected chi connectivity index (χ4v) is 12.1. The number of carbonyl (C=O) groups is 6. The highest BCUT2D eigenvalue weighted by atomic mass is 19.4. The number of aliphatic carboxylic acids is 4. The van der Waals surface area contributed by atoms with Crippen molar-refractivity contribution in [2.45, 2.75) is 166 Å². The Hall–Kier alpha value is -5.64. The van der Waals surface area contributed by atoms with Gasteiger partial charge in [-0.25, -0.2) is 19.2 Å². The minimum Gasteiger partial charge on any atom is -0.481 e. The number of nitrogens with one attached hydrogen (secondary N) is 4. The number of rotatable bonds is 21. The topological polar surface area (TPSA) is 250 Å². The smallest absolute Gasteiger partial charge is 0.481 e. The van der Waals surface area contributed by atoms with E-state index in [1.165, 1.54) is 36.8 Å². The number of carbonyl (C=O) groups excluding carboxylic acids is 2. The van der Waals surface area contributed by atoms with Crippen LogP contribution in [0, 0.1) is 22.7 Å². The van der Waals surface area contributed by atoms with Crippen LogP contribution in [0.15, 0.2) is 36.4 Å². The lowest BCUT2D eigenvalue weighted by atomic mass is 9.50. The van der Waals surface area contributed by atoms with Crippen molar-refractivity contribution in [2.75, 3.05) is 39.3 Å². The molecule has 6 atom stereocenters. The molecule has 8 N–H and O–H groups in total. The molecule has 2 saturated carbocycles. The molecule has 2 amide bonds. The van der Waals surface area contributed by atoms with Crippen molar-refractivity contribution < 1.29 is 85.0 Å². The third-order valence-corrected chi connectivity index (χ3v) is 16.1. The largest absolute Gasteiger partial charge is 0.490 e. The third-order valence-electron chi connectivity index (χ3n) is 16.1. The van der Waals surface area contributed by atoms with Gasteiger partial charge in [-0.1, -0.05) is 64.5 Å². The second-order valence-corrected chi connectivity index (χ2v) is 21.4. The first kappa shape index (κ1) is 62.9. The quantitative estimate of drug-likeness (QED) is 0.0428. The number of benzene rings is 2. The number of ether oxygens (including phenoxy) is 2. The average molecular weight is 1090 g/mol. The van der Waals surface area contributed by atoms with E-state index in [2.05, 4.69) is 35.1 Å². The molecule has 426 valence electrons. The standard InChI is InChI=1S/C50H74N4O8.2C2HF3O2/c1-47-23-11-25-49(3,43(55)56)41(47)21-17-35-15-19-37(33-39(35)47)61-45(59)53-31-13-29-51-27-9-7-5-6-8-10-28-52-30-14-32-54-46(60)62-38-20-16-36-18-22-42-48(2,40(36)34-38)24-12-26-50(42,4)44(57)58;2*3-2(4,5)1(6)7/h15-16,19-20,33-34,41-42,51-52H,5-14,17-18,21-32H2,1-4H3,(H,53,59)(H,54,60)(H,55,56)(H,57,58);2*(H,6,7)/t41-,42-,47-,48-,49+,50+;;/m1../s1. The van der Waals surface area contributed by atoms with Gasteiger partial charge in [0.05, 0.1) is 10.8 Å². The number of alkyl halides is 6. The Morgan fingerprint density at radius 2 is 0.842 bits per heavy atom. The summed E-state index contributed by atoms with van der Waals surface area (Å²) in [7, 11) is 0. The van der Waals surface area contributed by atoms with Crippen LogP contribution >= 0.6 is 0 Å². The molecule has 0 bridgehead atoms. The number of hydrogen-bond acceptors (Lipinski definition) is 10. The van der Waals surface area contributed by atoms with E-state index in [9.17, 15) is 55.7 Å². The predicted octanol–water partition coefficient (Wildman–Crippen LogP) is 10.3. The van der Waals surface area contributed by atoms with Crippen LogP contribution in [0.5, 0.6) is 11.5 Å². The molecule has 0 radical (unpaired) electrons. The van der Waals surface area contributed by atoms with Crippen LogP contribution in [0.4, 0.5) is 35.9 Å². The first-order valence-corrected chi connectivity index (χ1v) is 26.3. The van der Waals surface area contributed by atoms with Crippen LogP contribution in [0.3, 0.4) is 0 Å². The normalized spacial score (nSPS) is 24.4. The lowest BCUT2D eigenvalue weighted by molar-refractivity contribution is -0.193. The van der Waals surface area contributed by atoms with Gasteiger partial charge in [-0.3, -0.25) is 9.59 Å². The summed E-state index contributed by atoms with van der Waals surface area (Å²) in [4.78, 5) is 67.6. The summed E-state index contributed by atoms with van der Waals surface area (Å²) in [6, 6.07) is 11.7. The molecule has 0 aliphatic heterocycles. The van der Waals surface area contributed by atoms with Crippen LogP contribution in [-0.4, -0.2) is 108 Å². The molecule has 2 fully saturated rings. The Kier molecular flexibility index (Phi) is 22.8. The lowest BCUT2D eigenvalue weighted by Crippen LogP contribution is -2.52. The molecule has 4 aliphatic rings. The van der Waals surface area contributed by atoms with Crippen molar-refractivity contribution >= 4 is 36.1 Å². The molecule has 0 heterocycles. The van der Waals surface area contributed by atoms with Gasteiger partial charge in [0.25, 0.3) is 0 Å². The molecule has 0 saturated heterocycles. The maximum atomic E-state index is 12.6. The molecular weight excluding hydrogens is 1010 g/mol. The Balaban J connectivity index is 0.000000784. The van der Waals surface area contributed by atoms with E-state index in [0.717, 1.165) is 114 Å². The van der Waals surface area contributed by atoms with Crippen LogP contribution in [0.25, 0.3) is 0 Å². The minimum atomic E-state index is -5.08. The Labute approximate surface area is 439 Å². The Morgan fingerprint density at radius 1 is 0.513 bits per heavy atom. The number of halogens is 6. The first-order chi connectivity index (χ1) is 35.6. The van der Waals surface area contributed by atoms with Gasteiger partial charge in [0.15, 0.2) is 0 Å². The number of carboxylic acids is 4. The molecular formula is C54H76F6N4O12. The van der Waals surface area contributed by atoms with Crippen molar-refractivity contribution in [3.8, 4) is 11.5 Å². The molecule has 0 spiro atoms. The number of amides is 2.